The van der Waals surface area contributed by atoms with Crippen LogP contribution in [-0.4, -0.2) is 34.9 Å². The van der Waals surface area contributed by atoms with E-state index in [-0.39, 0.29) is 17.7 Å². The number of imidazole rings is 1. The molecule has 1 atom stereocenters. The maximum Gasteiger partial charge on any atom is 0.338 e. The van der Waals surface area contributed by atoms with E-state index < -0.39 is 0 Å². The molecule has 2 heterocycles. The first-order valence-electron chi connectivity index (χ1n) is 9.88. The molecule has 0 radical (unpaired) electrons. The number of methoxy groups -OCH3 is 1. The average molecular weight is 392 g/mol. The average Bonchev–Trinajstić information content (AvgIpc) is 3.28. The number of hydrogen-bond donors (Lipinski definition) is 0. The Hall–Kier alpha value is -3.15. The topological polar surface area (TPSA) is 69.9 Å². The molecule has 6 nitrogen and oxygen atoms in total. The second-order valence-corrected chi connectivity index (χ2v) is 7.27. The van der Waals surface area contributed by atoms with Gasteiger partial charge < -0.3 is 9.47 Å². The second kappa shape index (κ2) is 7.70. The molecule has 2 aromatic heterocycles. The molecule has 0 fully saturated rings. The van der Waals surface area contributed by atoms with Crippen molar-refractivity contribution in [3.8, 4) is 5.75 Å². The predicted octanol–water partition coefficient (Wildman–Crippen LogP) is 4.13. The highest BCUT2D eigenvalue weighted by Crippen LogP contribution is 2.38. The number of benzene rings is 1. The Bertz CT molecular complexity index is 1100. The zero-order valence-electron chi connectivity index (χ0n) is 16.9. The molecule has 29 heavy (non-hydrogen) atoms. The van der Waals surface area contributed by atoms with Crippen molar-refractivity contribution in [1.82, 2.24) is 9.38 Å². The van der Waals surface area contributed by atoms with Crippen LogP contribution in [0.15, 0.2) is 36.5 Å². The number of esters is 1. The summed E-state index contributed by atoms with van der Waals surface area (Å²) in [5.41, 5.74) is 4.64. The molecular weight excluding hydrogens is 368 g/mol. The van der Waals surface area contributed by atoms with Crippen LogP contribution in [0.3, 0.4) is 0 Å². The number of carbonyl (C=O) groups excluding carboxylic acids is 2. The molecule has 3 aromatic rings. The van der Waals surface area contributed by atoms with Gasteiger partial charge in [-0.25, -0.2) is 9.78 Å². The van der Waals surface area contributed by atoms with Gasteiger partial charge in [-0.05, 0) is 61.9 Å². The van der Waals surface area contributed by atoms with Crippen molar-refractivity contribution in [3.63, 3.8) is 0 Å². The van der Waals surface area contributed by atoms with Gasteiger partial charge in [-0.2, -0.15) is 0 Å². The molecule has 6 heteroatoms. The van der Waals surface area contributed by atoms with Crippen molar-refractivity contribution in [1.29, 1.82) is 0 Å². The Balaban J connectivity index is 1.65. The van der Waals surface area contributed by atoms with E-state index in [0.29, 0.717) is 41.4 Å². The Kier molecular flexibility index (Phi) is 5.09. The van der Waals surface area contributed by atoms with Gasteiger partial charge >= 0.3 is 5.97 Å². The number of aryl methyl sites for hydroxylation is 1. The van der Waals surface area contributed by atoms with E-state index in [9.17, 15) is 9.59 Å². The number of fused-ring (bicyclic) bond motifs is 2. The van der Waals surface area contributed by atoms with E-state index in [1.54, 1.807) is 6.07 Å². The van der Waals surface area contributed by atoms with Crippen molar-refractivity contribution >= 4 is 17.4 Å². The zero-order chi connectivity index (χ0) is 20.5. The molecule has 0 saturated carbocycles. The third kappa shape index (κ3) is 3.28. The van der Waals surface area contributed by atoms with Gasteiger partial charge in [0, 0.05) is 12.6 Å². The van der Waals surface area contributed by atoms with Crippen LogP contribution in [0.1, 0.15) is 63.4 Å². The smallest absolute Gasteiger partial charge is 0.338 e. The van der Waals surface area contributed by atoms with E-state index >= 15 is 0 Å². The maximum atomic E-state index is 13.3. The van der Waals surface area contributed by atoms with E-state index in [1.807, 2.05) is 48.7 Å². The van der Waals surface area contributed by atoms with Gasteiger partial charge in [0.15, 0.2) is 17.2 Å². The van der Waals surface area contributed by atoms with Crippen molar-refractivity contribution in [2.75, 3.05) is 13.7 Å². The number of nitrogens with zero attached hydrogens (tertiary/aromatic N) is 2. The highest BCUT2D eigenvalue weighted by Gasteiger charge is 2.30. The van der Waals surface area contributed by atoms with Crippen molar-refractivity contribution in [2.45, 2.75) is 39.0 Å². The number of rotatable bonds is 6. The van der Waals surface area contributed by atoms with Gasteiger partial charge in [0.25, 0.3) is 0 Å². The lowest BCUT2D eigenvalue weighted by Gasteiger charge is -2.12. The summed E-state index contributed by atoms with van der Waals surface area (Å²) in [7, 11) is 1.39. The normalized spacial score (nSPS) is 15.3. The molecule has 0 aliphatic heterocycles. The summed E-state index contributed by atoms with van der Waals surface area (Å²) >= 11 is 0. The van der Waals surface area contributed by atoms with E-state index in [2.05, 4.69) is 4.98 Å². The quantitative estimate of drug-likeness (QED) is 0.466. The standard InChI is InChI=1S/C23H24N2O4/c1-4-29-20-9-6-12-25-21(14(2)24-22(20)25)19(26)13-15-10-11-17-16(15)7-5-8-18(17)23(27)28-3/h5-9,12,15H,4,10-11,13H2,1-3H3/t15-/m0/s1. The highest BCUT2D eigenvalue weighted by atomic mass is 16.5. The van der Waals surface area contributed by atoms with Crippen LogP contribution in [0.2, 0.25) is 0 Å². The van der Waals surface area contributed by atoms with Crippen molar-refractivity contribution < 1.29 is 19.1 Å². The molecule has 1 aromatic carbocycles. The summed E-state index contributed by atoms with van der Waals surface area (Å²) < 4.78 is 12.4. The van der Waals surface area contributed by atoms with Crippen LogP contribution in [0.5, 0.6) is 5.75 Å². The van der Waals surface area contributed by atoms with Crippen LogP contribution in [0, 0.1) is 6.92 Å². The van der Waals surface area contributed by atoms with Crippen molar-refractivity contribution in [2.24, 2.45) is 0 Å². The fourth-order valence-electron chi connectivity index (χ4n) is 4.33. The summed E-state index contributed by atoms with van der Waals surface area (Å²) in [4.78, 5) is 29.9. The minimum absolute atomic E-state index is 0.0463. The van der Waals surface area contributed by atoms with E-state index in [1.165, 1.54) is 7.11 Å². The monoisotopic (exact) mass is 392 g/mol. The second-order valence-electron chi connectivity index (χ2n) is 7.27. The zero-order valence-corrected chi connectivity index (χ0v) is 16.9. The molecule has 0 bridgehead atoms. The van der Waals surface area contributed by atoms with E-state index in [4.69, 9.17) is 9.47 Å². The molecule has 0 spiro atoms. The van der Waals surface area contributed by atoms with Gasteiger partial charge in [0.2, 0.25) is 0 Å². The summed E-state index contributed by atoms with van der Waals surface area (Å²) in [6.07, 6.45) is 3.85. The van der Waals surface area contributed by atoms with Gasteiger partial charge in [-0.3, -0.25) is 9.20 Å². The molecule has 0 saturated heterocycles. The minimum atomic E-state index is -0.324. The van der Waals surface area contributed by atoms with Crippen LogP contribution < -0.4 is 4.74 Å². The fraction of sp³-hybridized carbons (Fsp3) is 0.348. The predicted molar refractivity (Wildman–Crippen MR) is 109 cm³/mol. The lowest BCUT2D eigenvalue weighted by atomic mass is 9.93. The van der Waals surface area contributed by atoms with Gasteiger partial charge in [0.05, 0.1) is 25.0 Å². The van der Waals surface area contributed by atoms with Gasteiger partial charge in [-0.1, -0.05) is 12.1 Å². The summed E-state index contributed by atoms with van der Waals surface area (Å²) in [5.74, 6) is 0.480. The molecule has 1 aliphatic carbocycles. The van der Waals surface area contributed by atoms with E-state index in [0.717, 1.165) is 24.0 Å². The minimum Gasteiger partial charge on any atom is -0.490 e. The highest BCUT2D eigenvalue weighted by molar-refractivity contribution is 5.97. The Morgan fingerprint density at radius 3 is 2.83 bits per heavy atom. The Morgan fingerprint density at radius 2 is 2.07 bits per heavy atom. The first kappa shape index (κ1) is 19.2. The molecule has 4 rings (SSSR count). The number of ether oxygens (including phenoxy) is 2. The third-order valence-electron chi connectivity index (χ3n) is 5.58. The summed E-state index contributed by atoms with van der Waals surface area (Å²) in [6.45, 7) is 4.32. The molecule has 0 amide bonds. The number of Topliss-reactive ketones (excluding diaryl/α,β-unsaturated/α-hetero) is 1. The Morgan fingerprint density at radius 1 is 1.24 bits per heavy atom. The molecule has 0 N–H and O–H groups in total. The number of carbonyl (C=O) groups is 2. The Labute approximate surface area is 169 Å². The van der Waals surface area contributed by atoms with Crippen LogP contribution in [0.25, 0.3) is 5.65 Å². The van der Waals surface area contributed by atoms with Gasteiger partial charge in [-0.15, -0.1) is 0 Å². The largest absolute Gasteiger partial charge is 0.490 e. The van der Waals surface area contributed by atoms with Crippen LogP contribution >= 0.6 is 0 Å². The third-order valence-corrected chi connectivity index (χ3v) is 5.58. The molecule has 0 unspecified atom stereocenters. The first-order chi connectivity index (χ1) is 14.0. The molecule has 150 valence electrons. The lowest BCUT2D eigenvalue weighted by molar-refractivity contribution is 0.0599. The number of ketones is 1. The number of pyridine rings is 1. The fourth-order valence-corrected chi connectivity index (χ4v) is 4.33. The molecule has 1 aliphatic rings. The molecular formula is C23H24N2O4. The first-order valence-corrected chi connectivity index (χ1v) is 9.88. The summed E-state index contributed by atoms with van der Waals surface area (Å²) in [6, 6.07) is 9.40. The maximum absolute atomic E-state index is 13.3. The SMILES string of the molecule is CCOc1cccn2c(C(=O)C[C@@H]3CCc4c(C(=O)OC)cccc43)c(C)nc12. The lowest BCUT2D eigenvalue weighted by Crippen LogP contribution is -2.10. The number of hydrogen-bond acceptors (Lipinski definition) is 5. The van der Waals surface area contributed by atoms with Crippen LogP contribution in [0.4, 0.5) is 0 Å². The number of aromatic nitrogens is 2. The summed E-state index contributed by atoms with van der Waals surface area (Å²) in [5, 5.41) is 0. The van der Waals surface area contributed by atoms with Gasteiger partial charge in [0.1, 0.15) is 5.69 Å². The van der Waals surface area contributed by atoms with Crippen LogP contribution in [-0.2, 0) is 11.2 Å². The van der Waals surface area contributed by atoms with Crippen molar-refractivity contribution in [3.05, 3.63) is 64.6 Å².